The molecule has 15 heteroatoms. The zero-order valence-electron chi connectivity index (χ0n) is 27.1. The van der Waals surface area contributed by atoms with Crippen LogP contribution in [-0.4, -0.2) is 54.2 Å². The molecule has 0 fully saturated rings. The molecule has 0 aromatic heterocycles. The fraction of sp³-hybridized carbons (Fsp3) is 0.167. The van der Waals surface area contributed by atoms with Crippen molar-refractivity contribution >= 4 is 30.4 Å². The smallest absolute Gasteiger partial charge is 0.294 e. The van der Waals surface area contributed by atoms with Crippen LogP contribution < -0.4 is 0 Å². The molecule has 6 N–H and O–H groups in total. The molecule has 0 spiro atoms. The summed E-state index contributed by atoms with van der Waals surface area (Å²) in [6.45, 7) is 3.77. The van der Waals surface area contributed by atoms with Gasteiger partial charge in [0.05, 0.1) is 14.7 Å². The highest BCUT2D eigenvalue weighted by atomic mass is 32.2. The molecule has 0 amide bonds. The molecule has 5 aromatic carbocycles. The lowest BCUT2D eigenvalue weighted by Crippen LogP contribution is -2.07. The van der Waals surface area contributed by atoms with Crippen molar-refractivity contribution < 1.29 is 54.2 Å². The molecule has 51 heavy (non-hydrogen) atoms. The third kappa shape index (κ3) is 7.35. The van der Waals surface area contributed by atoms with Crippen LogP contribution in [-0.2, 0) is 56.0 Å². The van der Waals surface area contributed by atoms with Crippen LogP contribution in [0.25, 0.3) is 11.1 Å². The van der Waals surface area contributed by atoms with Gasteiger partial charge in [-0.2, -0.15) is 25.3 Å². The van der Waals surface area contributed by atoms with Gasteiger partial charge in [-0.25, -0.2) is 0 Å². The summed E-state index contributed by atoms with van der Waals surface area (Å²) in [7, 11) is -14.5. The van der Waals surface area contributed by atoms with E-state index in [1.54, 1.807) is 12.1 Å². The molecule has 1 aliphatic rings. The molecular formula is C36H32O12S3. The highest BCUT2D eigenvalue weighted by Crippen LogP contribution is 2.40. The van der Waals surface area contributed by atoms with Crippen molar-refractivity contribution in [2.45, 2.75) is 54.2 Å². The summed E-state index contributed by atoms with van der Waals surface area (Å²) in [5.41, 5.74) is 3.73. The van der Waals surface area contributed by atoms with Gasteiger partial charge in [0.2, 0.25) is 0 Å². The second-order valence-electron chi connectivity index (χ2n) is 12.7. The van der Waals surface area contributed by atoms with E-state index in [2.05, 4.69) is 0 Å². The van der Waals surface area contributed by atoms with E-state index >= 15 is 0 Å². The molecule has 0 aliphatic heterocycles. The Hall–Kier alpha value is -4.77. The Kier molecular flexibility index (Phi) is 9.03. The molecule has 0 saturated carbocycles. The minimum absolute atomic E-state index is 0.0169. The van der Waals surface area contributed by atoms with Crippen LogP contribution in [0, 0.1) is 13.8 Å². The number of phenolic OH excluding ortho intramolecular Hbond substituents is 3. The number of hydrogen-bond donors (Lipinski definition) is 6. The zero-order valence-corrected chi connectivity index (χ0v) is 29.6. The van der Waals surface area contributed by atoms with Crippen molar-refractivity contribution in [2.75, 3.05) is 0 Å². The van der Waals surface area contributed by atoms with Gasteiger partial charge in [0, 0.05) is 36.8 Å². The number of rotatable bonds is 4. The Labute approximate surface area is 294 Å². The molecule has 12 nitrogen and oxygen atoms in total. The van der Waals surface area contributed by atoms with Gasteiger partial charge in [0.1, 0.15) is 17.2 Å². The van der Waals surface area contributed by atoms with E-state index in [0.29, 0.717) is 5.56 Å². The number of aromatic hydroxyl groups is 3. The second kappa shape index (κ2) is 12.8. The van der Waals surface area contributed by atoms with E-state index in [1.807, 2.05) is 32.0 Å². The van der Waals surface area contributed by atoms with Crippen molar-refractivity contribution in [1.29, 1.82) is 0 Å². The van der Waals surface area contributed by atoms with Gasteiger partial charge in [-0.3, -0.25) is 13.7 Å². The quantitative estimate of drug-likeness (QED) is 0.123. The van der Waals surface area contributed by atoms with Crippen molar-refractivity contribution in [3.8, 4) is 28.4 Å². The topological polar surface area (TPSA) is 224 Å². The predicted molar refractivity (Wildman–Crippen MR) is 186 cm³/mol. The maximum atomic E-state index is 12.4. The average Bonchev–Trinajstić information content (AvgIpc) is 3.01. The van der Waals surface area contributed by atoms with Gasteiger partial charge < -0.3 is 15.3 Å². The largest absolute Gasteiger partial charge is 0.507 e. The Balaban J connectivity index is 1.71. The lowest BCUT2D eigenvalue weighted by Gasteiger charge is -2.19. The summed E-state index contributed by atoms with van der Waals surface area (Å²) in [6.07, 6.45) is -1.20. The van der Waals surface area contributed by atoms with Gasteiger partial charge in [0.15, 0.2) is 0 Å². The first-order valence-corrected chi connectivity index (χ1v) is 19.7. The van der Waals surface area contributed by atoms with Gasteiger partial charge in [-0.15, -0.1) is 0 Å². The van der Waals surface area contributed by atoms with Crippen molar-refractivity contribution in [1.82, 2.24) is 0 Å². The van der Waals surface area contributed by atoms with Gasteiger partial charge in [-0.1, -0.05) is 24.3 Å². The molecule has 0 atom stereocenters. The summed E-state index contributed by atoms with van der Waals surface area (Å²) in [5.74, 6) is -1.10. The molecule has 8 bridgehead atoms. The normalized spacial score (nSPS) is 13.6. The minimum atomic E-state index is -4.83. The molecular weight excluding hydrogens is 721 g/mol. The first kappa shape index (κ1) is 36.0. The Bertz CT molecular complexity index is 2460. The van der Waals surface area contributed by atoms with E-state index in [4.69, 9.17) is 0 Å². The molecule has 1 aliphatic carbocycles. The molecule has 266 valence electrons. The summed E-state index contributed by atoms with van der Waals surface area (Å²) in [5, 5.41) is 34.7. The van der Waals surface area contributed by atoms with Crippen LogP contribution in [0.3, 0.4) is 0 Å². The monoisotopic (exact) mass is 752 g/mol. The molecule has 0 unspecified atom stereocenters. The van der Waals surface area contributed by atoms with Crippen molar-refractivity contribution in [3.63, 3.8) is 0 Å². The summed E-state index contributed by atoms with van der Waals surface area (Å²) >= 11 is 0. The van der Waals surface area contributed by atoms with E-state index in [1.165, 1.54) is 6.07 Å². The van der Waals surface area contributed by atoms with Crippen LogP contribution in [0.15, 0.2) is 87.5 Å². The lowest BCUT2D eigenvalue weighted by atomic mass is 9.88. The fourth-order valence-electron chi connectivity index (χ4n) is 6.67. The zero-order chi connectivity index (χ0) is 37.2. The first-order valence-electron chi connectivity index (χ1n) is 15.3. The minimum Gasteiger partial charge on any atom is -0.507 e. The fourth-order valence-corrected chi connectivity index (χ4v) is 8.43. The third-order valence-corrected chi connectivity index (χ3v) is 11.5. The van der Waals surface area contributed by atoms with Crippen molar-refractivity contribution in [3.05, 3.63) is 128 Å². The number of hydrogen-bond acceptors (Lipinski definition) is 9. The van der Waals surface area contributed by atoms with Crippen LogP contribution in [0.2, 0.25) is 0 Å². The van der Waals surface area contributed by atoms with E-state index in [0.717, 1.165) is 53.1 Å². The molecule has 0 heterocycles. The molecule has 5 aromatic rings. The number of benzene rings is 5. The maximum absolute atomic E-state index is 12.4. The molecule has 0 saturated heterocycles. The number of phenols is 3. The Morgan fingerprint density at radius 3 is 1.12 bits per heavy atom. The Morgan fingerprint density at radius 2 is 0.765 bits per heavy atom. The van der Waals surface area contributed by atoms with Crippen LogP contribution in [0.4, 0.5) is 0 Å². The SMILES string of the molecule is Cc1cccc(C)c1-c1cc2c(O)c(c1)Cc1cc(S(=O)(=O)O)cc(c1O)Cc1cc(cc(S(=O)(=O)O)c1)Cc1cc(S(=O)(=O)O)cc(c1O)C2. The average molecular weight is 753 g/mol. The third-order valence-electron chi connectivity index (χ3n) is 8.99. The van der Waals surface area contributed by atoms with E-state index < -0.39 is 56.5 Å². The number of aryl methyl sites for hydroxylation is 2. The highest BCUT2D eigenvalue weighted by Gasteiger charge is 2.24. The van der Waals surface area contributed by atoms with Crippen LogP contribution in [0.5, 0.6) is 17.2 Å². The standard InChI is InChI=1S/C36H32O12S3/c1-19-4-3-5-20(2)33(19)23-11-26-13-28-17-31(50(43,44)45)15-24(34(28)37)7-21-6-22(10-30(9-21)49(40,41)42)8-25-16-32(51(46,47)48)18-29(35(25)38)14-27(12-23)36(26)39/h3-6,9-12,15-18,37-39H,7-8,13-14H2,1-2H3,(H,40,41,42)(H,43,44,45)(H,46,47,48). The van der Waals surface area contributed by atoms with Crippen LogP contribution in [0.1, 0.15) is 55.6 Å². The molecule has 0 radical (unpaired) electrons. The van der Waals surface area contributed by atoms with Crippen molar-refractivity contribution in [2.24, 2.45) is 0 Å². The van der Waals surface area contributed by atoms with E-state index in [9.17, 15) is 54.2 Å². The first-order chi connectivity index (χ1) is 23.7. The van der Waals surface area contributed by atoms with Gasteiger partial charge in [0.25, 0.3) is 30.4 Å². The van der Waals surface area contributed by atoms with Gasteiger partial charge >= 0.3 is 0 Å². The maximum Gasteiger partial charge on any atom is 0.294 e. The predicted octanol–water partition coefficient (Wildman–Crippen LogP) is 5.50. The summed E-state index contributed by atoms with van der Waals surface area (Å²) < 4.78 is 104. The summed E-state index contributed by atoms with van der Waals surface area (Å²) in [4.78, 5) is -1.71. The summed E-state index contributed by atoms with van der Waals surface area (Å²) in [6, 6.07) is 16.7. The lowest BCUT2D eigenvalue weighted by molar-refractivity contribution is 0.453. The van der Waals surface area contributed by atoms with Gasteiger partial charge in [-0.05, 0) is 118 Å². The number of fused-ring (bicyclic) bond motifs is 8. The van der Waals surface area contributed by atoms with Crippen LogP contribution >= 0.6 is 0 Å². The Morgan fingerprint density at radius 1 is 0.451 bits per heavy atom. The van der Waals surface area contributed by atoms with E-state index in [-0.39, 0.29) is 75.9 Å². The highest BCUT2D eigenvalue weighted by molar-refractivity contribution is 7.86. The second-order valence-corrected chi connectivity index (χ2v) is 17.0. The molecule has 6 rings (SSSR count).